The van der Waals surface area contributed by atoms with Gasteiger partial charge in [0.1, 0.15) is 5.75 Å². The van der Waals surface area contributed by atoms with Gasteiger partial charge < -0.3 is 14.8 Å². The van der Waals surface area contributed by atoms with Gasteiger partial charge in [0.15, 0.2) is 0 Å². The maximum atomic E-state index is 12.2. The third-order valence-electron chi connectivity index (χ3n) is 4.00. The first-order valence-electron chi connectivity index (χ1n) is 7.21. The van der Waals surface area contributed by atoms with Gasteiger partial charge in [0.2, 0.25) is 0 Å². The first-order valence-corrected chi connectivity index (χ1v) is 7.21. The highest BCUT2D eigenvalue weighted by Crippen LogP contribution is 2.34. The minimum atomic E-state index is -0.128. The van der Waals surface area contributed by atoms with Crippen molar-refractivity contribution in [3.63, 3.8) is 0 Å². The maximum absolute atomic E-state index is 12.2. The molecule has 1 saturated heterocycles. The fourth-order valence-electron chi connectivity index (χ4n) is 2.95. The number of esters is 1. The number of hydrogen-bond donors (Lipinski definition) is 1. The summed E-state index contributed by atoms with van der Waals surface area (Å²) in [5, 5.41) is 3.37. The van der Waals surface area contributed by atoms with Crippen molar-refractivity contribution in [1.29, 1.82) is 0 Å². The van der Waals surface area contributed by atoms with Crippen molar-refractivity contribution in [3.8, 4) is 5.75 Å². The van der Waals surface area contributed by atoms with E-state index in [0.29, 0.717) is 6.61 Å². The molecule has 0 bridgehead atoms. The number of ether oxygens (including phenoxy) is 2. The van der Waals surface area contributed by atoms with Crippen molar-refractivity contribution in [2.24, 2.45) is 5.92 Å². The lowest BCUT2D eigenvalue weighted by atomic mass is 9.77. The van der Waals surface area contributed by atoms with Crippen LogP contribution in [-0.4, -0.2) is 32.3 Å². The molecule has 1 fully saturated rings. The van der Waals surface area contributed by atoms with Gasteiger partial charge in [-0.15, -0.1) is 0 Å². The van der Waals surface area contributed by atoms with Crippen LogP contribution in [0.15, 0.2) is 24.3 Å². The van der Waals surface area contributed by atoms with E-state index < -0.39 is 0 Å². The molecule has 1 aromatic rings. The summed E-state index contributed by atoms with van der Waals surface area (Å²) in [6, 6.07) is 8.13. The molecule has 3 atom stereocenters. The standard InChI is InChI=1S/C16H23NO3/c1-4-20-16(18)15-11(2)17-10-9-14(15)12-5-7-13(19-3)8-6-12/h5-8,11,14-15,17H,4,9-10H2,1-3H3. The van der Waals surface area contributed by atoms with Crippen LogP contribution in [0.3, 0.4) is 0 Å². The minimum absolute atomic E-state index is 0.104. The monoisotopic (exact) mass is 277 g/mol. The smallest absolute Gasteiger partial charge is 0.311 e. The predicted molar refractivity (Wildman–Crippen MR) is 77.9 cm³/mol. The fourth-order valence-corrected chi connectivity index (χ4v) is 2.95. The summed E-state index contributed by atoms with van der Waals surface area (Å²) in [6.07, 6.45) is 0.945. The molecule has 4 heteroatoms. The molecule has 0 amide bonds. The second-order valence-electron chi connectivity index (χ2n) is 5.19. The first-order chi connectivity index (χ1) is 9.67. The van der Waals surface area contributed by atoms with Gasteiger partial charge in [-0.2, -0.15) is 0 Å². The maximum Gasteiger partial charge on any atom is 0.311 e. The van der Waals surface area contributed by atoms with E-state index in [1.54, 1.807) is 7.11 Å². The molecule has 0 radical (unpaired) electrons. The lowest BCUT2D eigenvalue weighted by Crippen LogP contribution is -2.47. The molecule has 4 nitrogen and oxygen atoms in total. The Labute approximate surface area is 120 Å². The summed E-state index contributed by atoms with van der Waals surface area (Å²) in [4.78, 5) is 12.2. The molecule has 0 aliphatic carbocycles. The molecular weight excluding hydrogens is 254 g/mol. The zero-order valence-corrected chi connectivity index (χ0v) is 12.4. The van der Waals surface area contributed by atoms with Gasteiger partial charge in [-0.05, 0) is 50.4 Å². The number of hydrogen-bond acceptors (Lipinski definition) is 4. The number of rotatable bonds is 4. The van der Waals surface area contributed by atoms with Gasteiger partial charge >= 0.3 is 5.97 Å². The summed E-state index contributed by atoms with van der Waals surface area (Å²) in [7, 11) is 1.66. The molecule has 0 aromatic heterocycles. The van der Waals surface area contributed by atoms with Crippen LogP contribution in [-0.2, 0) is 9.53 Å². The SMILES string of the molecule is CCOC(=O)C1C(C)NCCC1c1ccc(OC)cc1. The summed E-state index contributed by atoms with van der Waals surface area (Å²) in [6.45, 7) is 5.25. The van der Waals surface area contributed by atoms with E-state index in [-0.39, 0.29) is 23.8 Å². The van der Waals surface area contributed by atoms with Crippen molar-refractivity contribution in [3.05, 3.63) is 29.8 Å². The van der Waals surface area contributed by atoms with Crippen LogP contribution in [0, 0.1) is 5.92 Å². The Morgan fingerprint density at radius 2 is 2.05 bits per heavy atom. The topological polar surface area (TPSA) is 47.6 Å². The predicted octanol–water partition coefficient (Wildman–Crippen LogP) is 2.34. The number of carbonyl (C=O) groups excluding carboxylic acids is 1. The third-order valence-corrected chi connectivity index (χ3v) is 4.00. The highest BCUT2D eigenvalue weighted by Gasteiger charge is 2.37. The molecule has 1 aliphatic heterocycles. The van der Waals surface area contributed by atoms with Gasteiger partial charge in [0.25, 0.3) is 0 Å². The second kappa shape index (κ2) is 6.75. The van der Waals surface area contributed by atoms with Crippen LogP contribution in [0.1, 0.15) is 31.7 Å². The van der Waals surface area contributed by atoms with Crippen LogP contribution in [0.4, 0.5) is 0 Å². The van der Waals surface area contributed by atoms with Crippen LogP contribution in [0.5, 0.6) is 5.75 Å². The van der Waals surface area contributed by atoms with Crippen molar-refractivity contribution in [2.75, 3.05) is 20.3 Å². The molecule has 3 unspecified atom stereocenters. The van der Waals surface area contributed by atoms with Crippen molar-refractivity contribution in [1.82, 2.24) is 5.32 Å². The van der Waals surface area contributed by atoms with E-state index in [2.05, 4.69) is 12.2 Å². The van der Waals surface area contributed by atoms with Crippen LogP contribution >= 0.6 is 0 Å². The molecule has 1 N–H and O–H groups in total. The van der Waals surface area contributed by atoms with E-state index in [0.717, 1.165) is 18.7 Å². The minimum Gasteiger partial charge on any atom is -0.497 e. The number of nitrogens with one attached hydrogen (secondary N) is 1. The van der Waals surface area contributed by atoms with E-state index in [4.69, 9.17) is 9.47 Å². The second-order valence-corrected chi connectivity index (χ2v) is 5.19. The van der Waals surface area contributed by atoms with E-state index >= 15 is 0 Å². The third kappa shape index (κ3) is 3.12. The lowest BCUT2D eigenvalue weighted by Gasteiger charge is -2.36. The Kier molecular flexibility index (Phi) is 5.01. The fraction of sp³-hybridized carbons (Fsp3) is 0.562. The molecule has 0 spiro atoms. The molecule has 1 heterocycles. The van der Waals surface area contributed by atoms with Crippen molar-refractivity contribution < 1.29 is 14.3 Å². The van der Waals surface area contributed by atoms with Gasteiger partial charge in [-0.25, -0.2) is 0 Å². The Bertz CT molecular complexity index is 444. The Morgan fingerprint density at radius 3 is 2.65 bits per heavy atom. The van der Waals surface area contributed by atoms with Gasteiger partial charge in [0, 0.05) is 6.04 Å². The van der Waals surface area contributed by atoms with Gasteiger partial charge in [-0.3, -0.25) is 4.79 Å². The summed E-state index contributed by atoms with van der Waals surface area (Å²) >= 11 is 0. The van der Waals surface area contributed by atoms with Crippen LogP contribution in [0.2, 0.25) is 0 Å². The molecular formula is C16H23NO3. The number of benzene rings is 1. The van der Waals surface area contributed by atoms with E-state index in [1.807, 2.05) is 31.2 Å². The summed E-state index contributed by atoms with van der Waals surface area (Å²) in [5.74, 6) is 0.810. The van der Waals surface area contributed by atoms with Crippen molar-refractivity contribution >= 4 is 5.97 Å². The van der Waals surface area contributed by atoms with Gasteiger partial charge in [-0.1, -0.05) is 12.1 Å². The highest BCUT2D eigenvalue weighted by molar-refractivity contribution is 5.75. The summed E-state index contributed by atoms with van der Waals surface area (Å²) < 4.78 is 10.4. The molecule has 1 aromatic carbocycles. The largest absolute Gasteiger partial charge is 0.497 e. The Hall–Kier alpha value is -1.55. The average molecular weight is 277 g/mol. The zero-order chi connectivity index (χ0) is 14.5. The lowest BCUT2D eigenvalue weighted by molar-refractivity contribution is -0.150. The molecule has 0 saturated carbocycles. The van der Waals surface area contributed by atoms with E-state index in [9.17, 15) is 4.79 Å². The number of carbonyl (C=O) groups is 1. The number of methoxy groups -OCH3 is 1. The van der Waals surface area contributed by atoms with Crippen LogP contribution < -0.4 is 10.1 Å². The molecule has 2 rings (SSSR count). The van der Waals surface area contributed by atoms with Gasteiger partial charge in [0.05, 0.1) is 19.6 Å². The molecule has 110 valence electrons. The van der Waals surface area contributed by atoms with Crippen molar-refractivity contribution in [2.45, 2.75) is 32.2 Å². The quantitative estimate of drug-likeness (QED) is 0.858. The Morgan fingerprint density at radius 1 is 1.35 bits per heavy atom. The number of piperidine rings is 1. The molecule has 20 heavy (non-hydrogen) atoms. The zero-order valence-electron chi connectivity index (χ0n) is 12.4. The molecule has 1 aliphatic rings. The first kappa shape index (κ1) is 14.9. The Balaban J connectivity index is 2.22. The van der Waals surface area contributed by atoms with E-state index in [1.165, 1.54) is 5.56 Å². The summed E-state index contributed by atoms with van der Waals surface area (Å²) in [5.41, 5.74) is 1.18. The van der Waals surface area contributed by atoms with Crippen LogP contribution in [0.25, 0.3) is 0 Å². The normalized spacial score (nSPS) is 26.1. The average Bonchev–Trinajstić information content (AvgIpc) is 2.47. The highest BCUT2D eigenvalue weighted by atomic mass is 16.5.